The van der Waals surface area contributed by atoms with Crippen LogP contribution in [0.3, 0.4) is 0 Å². The van der Waals surface area contributed by atoms with Crippen molar-refractivity contribution in [3.05, 3.63) is 82.2 Å². The van der Waals surface area contributed by atoms with Gasteiger partial charge < -0.3 is 11.1 Å². The van der Waals surface area contributed by atoms with Gasteiger partial charge in [0.05, 0.1) is 9.90 Å². The Morgan fingerprint density at radius 3 is 2.21 bits per heavy atom. The SMILES string of the molecule is NC(=O)C(=O)[C@H](Cc1ccccc1)NC(=O)c1cc(Cl)sc1-c1ccccc1. The molecule has 1 heterocycles. The number of benzene rings is 2. The summed E-state index contributed by atoms with van der Waals surface area (Å²) in [4.78, 5) is 37.3. The molecular formula is C21H17ClN2O3S. The Morgan fingerprint density at radius 1 is 1.00 bits per heavy atom. The minimum atomic E-state index is -1.09. The molecule has 0 aliphatic heterocycles. The molecule has 0 spiro atoms. The van der Waals surface area contributed by atoms with Crippen LogP contribution in [-0.2, 0) is 16.0 Å². The zero-order chi connectivity index (χ0) is 20.1. The third-order valence-corrected chi connectivity index (χ3v) is 5.44. The van der Waals surface area contributed by atoms with Crippen molar-refractivity contribution in [3.63, 3.8) is 0 Å². The van der Waals surface area contributed by atoms with E-state index in [2.05, 4.69) is 5.32 Å². The number of nitrogens with one attached hydrogen (secondary N) is 1. The van der Waals surface area contributed by atoms with E-state index in [1.807, 2.05) is 60.7 Å². The van der Waals surface area contributed by atoms with E-state index >= 15 is 0 Å². The first-order valence-corrected chi connectivity index (χ1v) is 9.68. The number of halogens is 1. The van der Waals surface area contributed by atoms with Crippen molar-refractivity contribution in [1.82, 2.24) is 5.32 Å². The van der Waals surface area contributed by atoms with Crippen LogP contribution in [0.5, 0.6) is 0 Å². The number of thiophene rings is 1. The third kappa shape index (κ3) is 4.65. The van der Waals surface area contributed by atoms with Crippen molar-refractivity contribution < 1.29 is 14.4 Å². The maximum atomic E-state index is 12.9. The lowest BCUT2D eigenvalue weighted by atomic mass is 10.0. The molecule has 28 heavy (non-hydrogen) atoms. The van der Waals surface area contributed by atoms with Gasteiger partial charge in [-0.15, -0.1) is 11.3 Å². The number of carbonyl (C=O) groups is 3. The summed E-state index contributed by atoms with van der Waals surface area (Å²) in [5.74, 6) is -2.43. The van der Waals surface area contributed by atoms with E-state index in [1.54, 1.807) is 6.07 Å². The summed E-state index contributed by atoms with van der Waals surface area (Å²) in [6.07, 6.45) is 0.160. The van der Waals surface area contributed by atoms with Crippen molar-refractivity contribution in [3.8, 4) is 10.4 Å². The van der Waals surface area contributed by atoms with Crippen molar-refractivity contribution >= 4 is 40.5 Å². The second-order valence-corrected chi connectivity index (χ2v) is 7.79. The molecule has 0 aliphatic carbocycles. The van der Waals surface area contributed by atoms with Gasteiger partial charge in [0.2, 0.25) is 5.78 Å². The highest BCUT2D eigenvalue weighted by Gasteiger charge is 2.27. The van der Waals surface area contributed by atoms with E-state index in [4.69, 9.17) is 17.3 Å². The Bertz CT molecular complexity index is 1000. The van der Waals surface area contributed by atoms with Gasteiger partial charge in [-0.1, -0.05) is 72.3 Å². The summed E-state index contributed by atoms with van der Waals surface area (Å²) in [5, 5.41) is 2.65. The smallest absolute Gasteiger partial charge is 0.287 e. The fraction of sp³-hybridized carbons (Fsp3) is 0.0952. The lowest BCUT2D eigenvalue weighted by Crippen LogP contribution is -2.47. The van der Waals surface area contributed by atoms with Gasteiger partial charge in [-0.25, -0.2) is 0 Å². The van der Waals surface area contributed by atoms with Crippen LogP contribution in [0.15, 0.2) is 66.7 Å². The van der Waals surface area contributed by atoms with Gasteiger partial charge in [0, 0.05) is 11.3 Å². The molecule has 0 radical (unpaired) electrons. The monoisotopic (exact) mass is 412 g/mol. The van der Waals surface area contributed by atoms with E-state index in [-0.39, 0.29) is 6.42 Å². The highest BCUT2D eigenvalue weighted by atomic mass is 35.5. The number of primary amides is 1. The van der Waals surface area contributed by atoms with E-state index in [0.717, 1.165) is 11.1 Å². The van der Waals surface area contributed by atoms with E-state index in [9.17, 15) is 14.4 Å². The lowest BCUT2D eigenvalue weighted by Gasteiger charge is -2.16. The number of carbonyl (C=O) groups excluding carboxylic acids is 3. The Balaban J connectivity index is 1.88. The van der Waals surface area contributed by atoms with Gasteiger partial charge in [-0.3, -0.25) is 14.4 Å². The van der Waals surface area contributed by atoms with Gasteiger partial charge in [0.1, 0.15) is 6.04 Å². The standard InChI is InChI=1S/C21H17ClN2O3S/c22-17-12-15(19(28-17)14-9-5-2-6-10-14)21(27)24-16(18(25)20(23)26)11-13-7-3-1-4-8-13/h1-10,12,16H,11H2,(H2,23,26)(H,24,27)/t16-/m0/s1. The number of hydrogen-bond donors (Lipinski definition) is 2. The van der Waals surface area contributed by atoms with Crippen LogP contribution in [0.1, 0.15) is 15.9 Å². The molecule has 0 bridgehead atoms. The second kappa shape index (κ2) is 8.82. The molecule has 3 rings (SSSR count). The summed E-state index contributed by atoms with van der Waals surface area (Å²) in [7, 11) is 0. The summed E-state index contributed by atoms with van der Waals surface area (Å²) in [5.41, 5.74) is 7.15. The van der Waals surface area contributed by atoms with Gasteiger partial charge in [-0.05, 0) is 17.2 Å². The van der Waals surface area contributed by atoms with Crippen LogP contribution >= 0.6 is 22.9 Å². The minimum absolute atomic E-state index is 0.160. The fourth-order valence-electron chi connectivity index (χ4n) is 2.80. The van der Waals surface area contributed by atoms with Crippen LogP contribution in [0.25, 0.3) is 10.4 Å². The third-order valence-electron chi connectivity index (χ3n) is 4.13. The average molecular weight is 413 g/mol. The zero-order valence-electron chi connectivity index (χ0n) is 14.7. The van der Waals surface area contributed by atoms with Crippen LogP contribution in [0.2, 0.25) is 4.34 Å². The van der Waals surface area contributed by atoms with Gasteiger partial charge in [0.25, 0.3) is 11.8 Å². The Kier molecular flexibility index (Phi) is 6.23. The zero-order valence-corrected chi connectivity index (χ0v) is 16.3. The van der Waals surface area contributed by atoms with Crippen molar-refractivity contribution in [2.75, 3.05) is 0 Å². The molecule has 1 atom stereocenters. The summed E-state index contributed by atoms with van der Waals surface area (Å²) in [6.45, 7) is 0. The van der Waals surface area contributed by atoms with Crippen LogP contribution in [0, 0.1) is 0 Å². The molecule has 0 saturated heterocycles. The predicted molar refractivity (Wildman–Crippen MR) is 110 cm³/mol. The molecule has 7 heteroatoms. The predicted octanol–water partition coefficient (Wildman–Crippen LogP) is 3.46. The molecule has 2 aromatic carbocycles. The molecule has 3 N–H and O–H groups in total. The molecule has 3 aromatic rings. The van der Waals surface area contributed by atoms with E-state index in [1.165, 1.54) is 11.3 Å². The highest BCUT2D eigenvalue weighted by Crippen LogP contribution is 2.35. The molecule has 1 aromatic heterocycles. The normalized spacial score (nSPS) is 11.6. The van der Waals surface area contributed by atoms with Gasteiger partial charge in [-0.2, -0.15) is 0 Å². The van der Waals surface area contributed by atoms with Crippen LogP contribution in [0.4, 0.5) is 0 Å². The molecular weight excluding hydrogens is 396 g/mol. The first-order chi connectivity index (χ1) is 13.5. The lowest BCUT2D eigenvalue weighted by molar-refractivity contribution is -0.137. The molecule has 0 unspecified atom stereocenters. The first kappa shape index (κ1) is 19.8. The average Bonchev–Trinajstić information content (AvgIpc) is 3.10. The maximum absolute atomic E-state index is 12.9. The topological polar surface area (TPSA) is 89.3 Å². The van der Waals surface area contributed by atoms with Gasteiger partial charge in [0.15, 0.2) is 0 Å². The number of hydrogen-bond acceptors (Lipinski definition) is 4. The summed E-state index contributed by atoms with van der Waals surface area (Å²) < 4.78 is 0.449. The largest absolute Gasteiger partial charge is 0.363 e. The van der Waals surface area contributed by atoms with E-state index < -0.39 is 23.6 Å². The number of amides is 2. The van der Waals surface area contributed by atoms with E-state index in [0.29, 0.717) is 14.8 Å². The van der Waals surface area contributed by atoms with Gasteiger partial charge >= 0.3 is 0 Å². The van der Waals surface area contributed by atoms with Crippen molar-refractivity contribution in [1.29, 1.82) is 0 Å². The number of ketones is 1. The summed E-state index contributed by atoms with van der Waals surface area (Å²) >= 11 is 7.41. The Morgan fingerprint density at radius 2 is 1.61 bits per heavy atom. The van der Waals surface area contributed by atoms with Crippen LogP contribution < -0.4 is 11.1 Å². The summed E-state index contributed by atoms with van der Waals surface area (Å²) in [6, 6.07) is 18.9. The molecule has 0 aliphatic rings. The molecule has 0 saturated carbocycles. The quantitative estimate of drug-likeness (QED) is 0.582. The molecule has 2 amide bonds. The molecule has 0 fully saturated rings. The minimum Gasteiger partial charge on any atom is -0.363 e. The number of Topliss-reactive ketones (excluding diaryl/α,β-unsaturated/α-hetero) is 1. The molecule has 142 valence electrons. The molecule has 5 nitrogen and oxygen atoms in total. The van der Waals surface area contributed by atoms with Crippen LogP contribution in [-0.4, -0.2) is 23.6 Å². The second-order valence-electron chi connectivity index (χ2n) is 6.10. The Hall–Kier alpha value is -2.96. The van der Waals surface area contributed by atoms with Crippen molar-refractivity contribution in [2.45, 2.75) is 12.5 Å². The number of nitrogens with two attached hydrogens (primary N) is 1. The van der Waals surface area contributed by atoms with Crippen molar-refractivity contribution in [2.24, 2.45) is 5.73 Å². The fourth-order valence-corrected chi connectivity index (χ4v) is 4.03. The maximum Gasteiger partial charge on any atom is 0.287 e. The number of rotatable bonds is 7. The Labute approximate surface area is 171 Å². The first-order valence-electron chi connectivity index (χ1n) is 8.49. The highest BCUT2D eigenvalue weighted by molar-refractivity contribution is 7.19.